The summed E-state index contributed by atoms with van der Waals surface area (Å²) in [6.45, 7) is 1.65. The molecule has 0 amide bonds. The van der Waals surface area contributed by atoms with Crippen LogP contribution in [0.4, 0.5) is 4.39 Å². The van der Waals surface area contributed by atoms with Crippen molar-refractivity contribution in [3.05, 3.63) is 30.1 Å². The molecule has 1 saturated carbocycles. The standard InChI is InChI=1S/C11H14FN/c1-11(12,9-5-4-6-9)10-7-2-3-8-13-10/h2-3,7-9H,4-6H2,1H3. The summed E-state index contributed by atoms with van der Waals surface area (Å²) in [6.07, 6.45) is 4.83. The first-order valence-corrected chi connectivity index (χ1v) is 4.81. The predicted octanol–water partition coefficient (Wildman–Crippen LogP) is 3.07. The zero-order valence-electron chi connectivity index (χ0n) is 7.83. The molecule has 0 N–H and O–H groups in total. The Morgan fingerprint density at radius 1 is 1.46 bits per heavy atom. The van der Waals surface area contributed by atoms with Crippen LogP contribution in [0.2, 0.25) is 0 Å². The number of pyridine rings is 1. The topological polar surface area (TPSA) is 12.9 Å². The molecule has 0 aliphatic heterocycles. The van der Waals surface area contributed by atoms with E-state index in [9.17, 15) is 4.39 Å². The average Bonchev–Trinajstić information content (AvgIpc) is 2.02. The van der Waals surface area contributed by atoms with Gasteiger partial charge < -0.3 is 0 Å². The smallest absolute Gasteiger partial charge is 0.152 e. The van der Waals surface area contributed by atoms with E-state index in [-0.39, 0.29) is 5.92 Å². The van der Waals surface area contributed by atoms with E-state index in [1.54, 1.807) is 19.2 Å². The zero-order chi connectivity index (χ0) is 9.31. The highest BCUT2D eigenvalue weighted by molar-refractivity contribution is 5.14. The van der Waals surface area contributed by atoms with Crippen molar-refractivity contribution < 1.29 is 4.39 Å². The molecule has 1 aromatic heterocycles. The largest absolute Gasteiger partial charge is 0.258 e. The van der Waals surface area contributed by atoms with Gasteiger partial charge in [0.05, 0.1) is 5.69 Å². The first-order chi connectivity index (χ1) is 6.21. The van der Waals surface area contributed by atoms with Gasteiger partial charge in [-0.2, -0.15) is 0 Å². The molecule has 1 aliphatic carbocycles. The zero-order valence-corrected chi connectivity index (χ0v) is 7.83. The molecule has 1 aliphatic rings. The number of aromatic nitrogens is 1. The number of rotatable bonds is 2. The van der Waals surface area contributed by atoms with Gasteiger partial charge in [0.1, 0.15) is 0 Å². The highest BCUT2D eigenvalue weighted by Crippen LogP contribution is 2.44. The number of alkyl halides is 1. The summed E-state index contributed by atoms with van der Waals surface area (Å²) in [5.74, 6) is 0.183. The van der Waals surface area contributed by atoms with Crippen LogP contribution >= 0.6 is 0 Å². The van der Waals surface area contributed by atoms with Crippen molar-refractivity contribution in [1.29, 1.82) is 0 Å². The molecular formula is C11H14FN. The normalized spacial score (nSPS) is 22.0. The Bertz CT molecular complexity index is 277. The molecule has 0 spiro atoms. The summed E-state index contributed by atoms with van der Waals surface area (Å²) in [5.41, 5.74) is -0.640. The molecule has 1 aromatic rings. The van der Waals surface area contributed by atoms with Crippen LogP contribution < -0.4 is 0 Å². The second kappa shape index (κ2) is 3.09. The van der Waals surface area contributed by atoms with Gasteiger partial charge in [-0.15, -0.1) is 0 Å². The first kappa shape index (κ1) is 8.67. The molecule has 13 heavy (non-hydrogen) atoms. The van der Waals surface area contributed by atoms with Crippen LogP contribution in [0, 0.1) is 5.92 Å². The first-order valence-electron chi connectivity index (χ1n) is 4.81. The van der Waals surface area contributed by atoms with Gasteiger partial charge in [-0.25, -0.2) is 4.39 Å². The van der Waals surface area contributed by atoms with Gasteiger partial charge in [-0.1, -0.05) is 12.5 Å². The van der Waals surface area contributed by atoms with E-state index in [1.165, 1.54) is 0 Å². The van der Waals surface area contributed by atoms with Crippen molar-refractivity contribution in [2.24, 2.45) is 5.92 Å². The molecule has 2 heteroatoms. The van der Waals surface area contributed by atoms with Gasteiger partial charge >= 0.3 is 0 Å². The van der Waals surface area contributed by atoms with Crippen molar-refractivity contribution >= 4 is 0 Å². The lowest BCUT2D eigenvalue weighted by atomic mass is 9.73. The van der Waals surface area contributed by atoms with Gasteiger partial charge in [0.15, 0.2) is 5.67 Å². The van der Waals surface area contributed by atoms with Crippen molar-refractivity contribution in [3.63, 3.8) is 0 Å². The fourth-order valence-electron chi connectivity index (χ4n) is 1.81. The van der Waals surface area contributed by atoms with E-state index in [2.05, 4.69) is 4.98 Å². The SMILES string of the molecule is CC(F)(c1ccccn1)C1CCC1. The predicted molar refractivity (Wildman–Crippen MR) is 50.0 cm³/mol. The third-order valence-electron chi connectivity index (χ3n) is 3.04. The maximum Gasteiger partial charge on any atom is 0.152 e. The maximum absolute atomic E-state index is 14.2. The van der Waals surface area contributed by atoms with Crippen molar-refractivity contribution in [1.82, 2.24) is 4.98 Å². The summed E-state index contributed by atoms with van der Waals surface area (Å²) in [4.78, 5) is 4.08. The van der Waals surface area contributed by atoms with Crippen molar-refractivity contribution in [2.75, 3.05) is 0 Å². The minimum Gasteiger partial charge on any atom is -0.258 e. The van der Waals surface area contributed by atoms with Gasteiger partial charge in [0.2, 0.25) is 0 Å². The molecule has 70 valence electrons. The van der Waals surface area contributed by atoms with Crippen LogP contribution in [0.25, 0.3) is 0 Å². The van der Waals surface area contributed by atoms with Gasteiger partial charge in [-0.05, 0) is 37.8 Å². The van der Waals surface area contributed by atoms with E-state index in [4.69, 9.17) is 0 Å². The third kappa shape index (κ3) is 1.45. The number of nitrogens with zero attached hydrogens (tertiary/aromatic N) is 1. The van der Waals surface area contributed by atoms with E-state index in [1.807, 2.05) is 12.1 Å². The Morgan fingerprint density at radius 2 is 2.23 bits per heavy atom. The van der Waals surface area contributed by atoms with Crippen molar-refractivity contribution in [3.8, 4) is 0 Å². The Balaban J connectivity index is 2.23. The molecule has 1 fully saturated rings. The fraction of sp³-hybridized carbons (Fsp3) is 0.545. The van der Waals surface area contributed by atoms with Crippen LogP contribution in [0.15, 0.2) is 24.4 Å². The van der Waals surface area contributed by atoms with Crippen LogP contribution in [0.3, 0.4) is 0 Å². The van der Waals surface area contributed by atoms with Gasteiger partial charge in [0.25, 0.3) is 0 Å². The van der Waals surface area contributed by atoms with E-state index < -0.39 is 5.67 Å². The van der Waals surface area contributed by atoms with Crippen molar-refractivity contribution in [2.45, 2.75) is 31.9 Å². The quantitative estimate of drug-likeness (QED) is 0.680. The highest BCUT2D eigenvalue weighted by Gasteiger charge is 2.40. The average molecular weight is 179 g/mol. The number of hydrogen-bond donors (Lipinski definition) is 0. The molecule has 0 aromatic carbocycles. The number of hydrogen-bond acceptors (Lipinski definition) is 1. The van der Waals surface area contributed by atoms with E-state index in [0.29, 0.717) is 5.69 Å². The monoisotopic (exact) mass is 179 g/mol. The second-order valence-corrected chi connectivity index (χ2v) is 3.92. The Hall–Kier alpha value is -0.920. The minimum absolute atomic E-state index is 0.183. The lowest BCUT2D eigenvalue weighted by Crippen LogP contribution is -2.33. The Labute approximate surface area is 78.0 Å². The maximum atomic E-state index is 14.2. The molecule has 0 bridgehead atoms. The van der Waals surface area contributed by atoms with Crippen LogP contribution in [-0.4, -0.2) is 4.98 Å². The van der Waals surface area contributed by atoms with Crippen LogP contribution in [-0.2, 0) is 5.67 Å². The summed E-state index contributed by atoms with van der Waals surface area (Å²) < 4.78 is 14.2. The highest BCUT2D eigenvalue weighted by atomic mass is 19.1. The summed E-state index contributed by atoms with van der Waals surface area (Å²) in [6, 6.07) is 5.44. The summed E-state index contributed by atoms with van der Waals surface area (Å²) in [5, 5.41) is 0. The Morgan fingerprint density at radius 3 is 2.69 bits per heavy atom. The molecule has 2 rings (SSSR count). The second-order valence-electron chi connectivity index (χ2n) is 3.92. The molecule has 0 radical (unpaired) electrons. The minimum atomic E-state index is -1.22. The van der Waals surface area contributed by atoms with Gasteiger partial charge in [0, 0.05) is 6.20 Å². The van der Waals surface area contributed by atoms with E-state index in [0.717, 1.165) is 19.3 Å². The molecule has 1 nitrogen and oxygen atoms in total. The molecule has 1 heterocycles. The summed E-state index contributed by atoms with van der Waals surface area (Å²) >= 11 is 0. The molecular weight excluding hydrogens is 165 g/mol. The molecule has 1 unspecified atom stereocenters. The van der Waals surface area contributed by atoms with E-state index >= 15 is 0 Å². The molecule has 0 saturated heterocycles. The van der Waals surface area contributed by atoms with Crippen LogP contribution in [0.1, 0.15) is 31.9 Å². The van der Waals surface area contributed by atoms with Crippen LogP contribution in [0.5, 0.6) is 0 Å². The number of halogens is 1. The lowest BCUT2D eigenvalue weighted by Gasteiger charge is -2.36. The lowest BCUT2D eigenvalue weighted by molar-refractivity contribution is 0.0423. The summed E-state index contributed by atoms with van der Waals surface area (Å²) in [7, 11) is 0. The van der Waals surface area contributed by atoms with Gasteiger partial charge in [-0.3, -0.25) is 4.98 Å². The fourth-order valence-corrected chi connectivity index (χ4v) is 1.81. The molecule has 1 atom stereocenters. The Kier molecular flexibility index (Phi) is 2.06. The third-order valence-corrected chi connectivity index (χ3v) is 3.04.